The van der Waals surface area contributed by atoms with Gasteiger partial charge < -0.3 is 15.4 Å². The molecule has 0 aliphatic heterocycles. The Hall–Kier alpha value is -2.06. The van der Waals surface area contributed by atoms with Crippen molar-refractivity contribution in [2.45, 2.75) is 58.7 Å². The van der Waals surface area contributed by atoms with Crippen molar-refractivity contribution in [3.63, 3.8) is 0 Å². The second-order valence-electron chi connectivity index (χ2n) is 7.35. The van der Waals surface area contributed by atoms with E-state index in [0.717, 1.165) is 5.56 Å². The van der Waals surface area contributed by atoms with E-state index in [-0.39, 0.29) is 6.04 Å². The largest absolute Gasteiger partial charge is 0.444 e. The Morgan fingerprint density at radius 1 is 1.30 bits per heavy atom. The summed E-state index contributed by atoms with van der Waals surface area (Å²) in [5.74, 6) is 0. The van der Waals surface area contributed by atoms with Crippen molar-refractivity contribution in [1.29, 1.82) is 5.26 Å². The molecule has 1 rings (SSSR count). The van der Waals surface area contributed by atoms with Crippen molar-refractivity contribution in [1.82, 2.24) is 10.6 Å². The first-order valence-corrected chi connectivity index (χ1v) is 7.77. The van der Waals surface area contributed by atoms with E-state index in [0.29, 0.717) is 12.1 Å². The Morgan fingerprint density at radius 3 is 2.52 bits per heavy atom. The molecule has 1 unspecified atom stereocenters. The standard InChI is InChI=1S/C18H27N3O2/c1-13(15-9-7-8-14(10-15)11-19)20-12-18(5,6)21-16(22)23-17(2,3)4/h7-10,13,20H,12H2,1-6H3,(H,21,22). The van der Waals surface area contributed by atoms with Crippen LogP contribution in [0, 0.1) is 11.3 Å². The maximum Gasteiger partial charge on any atom is 0.408 e. The van der Waals surface area contributed by atoms with Crippen LogP contribution in [-0.2, 0) is 4.74 Å². The van der Waals surface area contributed by atoms with Crippen molar-refractivity contribution < 1.29 is 9.53 Å². The summed E-state index contributed by atoms with van der Waals surface area (Å²) >= 11 is 0. The van der Waals surface area contributed by atoms with E-state index < -0.39 is 17.2 Å². The molecule has 5 nitrogen and oxygen atoms in total. The molecule has 126 valence electrons. The Balaban J connectivity index is 2.58. The number of ether oxygens (including phenoxy) is 1. The van der Waals surface area contributed by atoms with Gasteiger partial charge in [0.05, 0.1) is 17.2 Å². The van der Waals surface area contributed by atoms with Crippen LogP contribution in [0.2, 0.25) is 0 Å². The van der Waals surface area contributed by atoms with Gasteiger partial charge in [-0.3, -0.25) is 0 Å². The molecule has 1 aromatic rings. The predicted octanol–water partition coefficient (Wildman–Crippen LogP) is 3.51. The average molecular weight is 317 g/mol. The van der Waals surface area contributed by atoms with E-state index in [9.17, 15) is 4.79 Å². The number of carbonyl (C=O) groups excluding carboxylic acids is 1. The molecule has 0 radical (unpaired) electrons. The van der Waals surface area contributed by atoms with Crippen molar-refractivity contribution in [3.05, 3.63) is 35.4 Å². The van der Waals surface area contributed by atoms with Gasteiger partial charge >= 0.3 is 6.09 Å². The van der Waals surface area contributed by atoms with E-state index in [2.05, 4.69) is 16.7 Å². The molecular formula is C18H27N3O2. The Labute approximate surface area is 139 Å². The first kappa shape index (κ1) is 19.0. The van der Waals surface area contributed by atoms with Gasteiger partial charge in [0.1, 0.15) is 5.60 Å². The summed E-state index contributed by atoms with van der Waals surface area (Å²) in [6, 6.07) is 9.71. The lowest BCUT2D eigenvalue weighted by Crippen LogP contribution is -2.51. The molecule has 5 heteroatoms. The minimum atomic E-state index is -0.515. The normalized spacial score (nSPS) is 13.1. The quantitative estimate of drug-likeness (QED) is 0.871. The summed E-state index contributed by atoms with van der Waals surface area (Å²) in [6.45, 7) is 12.0. The number of hydrogen-bond donors (Lipinski definition) is 2. The molecule has 23 heavy (non-hydrogen) atoms. The molecule has 0 fully saturated rings. The molecule has 0 saturated heterocycles. The third kappa shape index (κ3) is 7.16. The Morgan fingerprint density at radius 2 is 1.96 bits per heavy atom. The first-order valence-electron chi connectivity index (χ1n) is 7.77. The van der Waals surface area contributed by atoms with Gasteiger partial charge in [-0.2, -0.15) is 5.26 Å². The number of carbonyl (C=O) groups is 1. The van der Waals surface area contributed by atoms with Gasteiger partial charge in [-0.05, 0) is 59.2 Å². The highest BCUT2D eigenvalue weighted by Crippen LogP contribution is 2.15. The maximum absolute atomic E-state index is 11.9. The smallest absolute Gasteiger partial charge is 0.408 e. The zero-order valence-corrected chi connectivity index (χ0v) is 14.9. The second kappa shape index (κ2) is 7.47. The van der Waals surface area contributed by atoms with Gasteiger partial charge in [-0.15, -0.1) is 0 Å². The van der Waals surface area contributed by atoms with Gasteiger partial charge in [0.25, 0.3) is 0 Å². The van der Waals surface area contributed by atoms with Crippen LogP contribution in [0.15, 0.2) is 24.3 Å². The number of amides is 1. The molecule has 1 atom stereocenters. The van der Waals surface area contributed by atoms with Crippen LogP contribution in [0.3, 0.4) is 0 Å². The molecule has 0 aliphatic rings. The Bertz CT molecular complexity index is 583. The number of nitrogens with one attached hydrogen (secondary N) is 2. The molecule has 2 N–H and O–H groups in total. The minimum absolute atomic E-state index is 0.0722. The number of alkyl carbamates (subject to hydrolysis) is 1. The number of benzene rings is 1. The second-order valence-corrected chi connectivity index (χ2v) is 7.35. The lowest BCUT2D eigenvalue weighted by molar-refractivity contribution is 0.0471. The fourth-order valence-corrected chi connectivity index (χ4v) is 2.03. The van der Waals surface area contributed by atoms with Crippen molar-refractivity contribution >= 4 is 6.09 Å². The fraction of sp³-hybridized carbons (Fsp3) is 0.556. The molecular weight excluding hydrogens is 290 g/mol. The van der Waals surface area contributed by atoms with Gasteiger partial charge in [-0.1, -0.05) is 12.1 Å². The molecule has 1 aromatic carbocycles. The summed E-state index contributed by atoms with van der Waals surface area (Å²) in [6.07, 6.45) is -0.427. The molecule has 1 amide bonds. The lowest BCUT2D eigenvalue weighted by atomic mass is 10.0. The maximum atomic E-state index is 11.9. The van der Waals surface area contributed by atoms with E-state index in [1.54, 1.807) is 6.07 Å². The van der Waals surface area contributed by atoms with Gasteiger partial charge in [-0.25, -0.2) is 4.79 Å². The van der Waals surface area contributed by atoms with Crippen LogP contribution >= 0.6 is 0 Å². The third-order valence-electron chi connectivity index (χ3n) is 3.21. The number of hydrogen-bond acceptors (Lipinski definition) is 4. The summed E-state index contributed by atoms with van der Waals surface area (Å²) in [7, 11) is 0. The van der Waals surface area contributed by atoms with Gasteiger partial charge in [0, 0.05) is 12.6 Å². The molecule has 0 aliphatic carbocycles. The van der Waals surface area contributed by atoms with Crippen LogP contribution in [-0.4, -0.2) is 23.8 Å². The van der Waals surface area contributed by atoms with Crippen LogP contribution in [0.5, 0.6) is 0 Å². The van der Waals surface area contributed by atoms with Crippen molar-refractivity contribution in [2.75, 3.05) is 6.54 Å². The van der Waals surface area contributed by atoms with Crippen molar-refractivity contribution in [3.8, 4) is 6.07 Å². The molecule has 0 aromatic heterocycles. The van der Waals surface area contributed by atoms with Gasteiger partial charge in [0.15, 0.2) is 0 Å². The zero-order chi connectivity index (χ0) is 17.7. The Kier molecular flexibility index (Phi) is 6.17. The van der Waals surface area contributed by atoms with E-state index in [1.807, 2.05) is 59.7 Å². The summed E-state index contributed by atoms with van der Waals surface area (Å²) < 4.78 is 5.28. The van der Waals surface area contributed by atoms with E-state index in [1.165, 1.54) is 0 Å². The van der Waals surface area contributed by atoms with E-state index in [4.69, 9.17) is 10.00 Å². The molecule has 0 spiro atoms. The summed E-state index contributed by atoms with van der Waals surface area (Å²) in [5.41, 5.74) is 0.710. The van der Waals surface area contributed by atoms with Crippen LogP contribution in [0.25, 0.3) is 0 Å². The summed E-state index contributed by atoms with van der Waals surface area (Å²) in [4.78, 5) is 11.9. The highest BCUT2D eigenvalue weighted by molar-refractivity contribution is 5.68. The van der Waals surface area contributed by atoms with Crippen LogP contribution in [0.1, 0.15) is 58.7 Å². The highest BCUT2D eigenvalue weighted by atomic mass is 16.6. The SMILES string of the molecule is CC(NCC(C)(C)NC(=O)OC(C)(C)C)c1cccc(C#N)c1. The third-order valence-corrected chi connectivity index (χ3v) is 3.21. The highest BCUT2D eigenvalue weighted by Gasteiger charge is 2.25. The zero-order valence-electron chi connectivity index (χ0n) is 14.9. The first-order chi connectivity index (χ1) is 10.5. The minimum Gasteiger partial charge on any atom is -0.444 e. The molecule has 0 saturated carbocycles. The molecule has 0 bridgehead atoms. The van der Waals surface area contributed by atoms with Crippen LogP contribution in [0.4, 0.5) is 4.79 Å². The average Bonchev–Trinajstić information content (AvgIpc) is 2.42. The number of nitrogens with zero attached hydrogens (tertiary/aromatic N) is 1. The van der Waals surface area contributed by atoms with E-state index >= 15 is 0 Å². The van der Waals surface area contributed by atoms with Crippen LogP contribution < -0.4 is 10.6 Å². The van der Waals surface area contributed by atoms with Crippen molar-refractivity contribution in [2.24, 2.45) is 0 Å². The lowest BCUT2D eigenvalue weighted by Gasteiger charge is -2.30. The monoisotopic (exact) mass is 317 g/mol. The topological polar surface area (TPSA) is 74.2 Å². The van der Waals surface area contributed by atoms with Gasteiger partial charge in [0.2, 0.25) is 0 Å². The molecule has 0 heterocycles. The predicted molar refractivity (Wildman–Crippen MR) is 91.0 cm³/mol. The summed E-state index contributed by atoms with van der Waals surface area (Å²) in [5, 5.41) is 15.2. The number of nitriles is 1. The fourth-order valence-electron chi connectivity index (χ4n) is 2.03. The number of rotatable bonds is 5.